The Hall–Kier alpha value is -3.29. The molecule has 0 radical (unpaired) electrons. The predicted molar refractivity (Wildman–Crippen MR) is 135 cm³/mol. The molecule has 3 aromatic carbocycles. The van der Waals surface area contributed by atoms with Crippen LogP contribution in [0.2, 0.25) is 0 Å². The molecule has 5 rings (SSSR count). The lowest BCUT2D eigenvalue weighted by molar-refractivity contribution is 0.0857. The highest BCUT2D eigenvalue weighted by molar-refractivity contribution is 7.85. The van der Waals surface area contributed by atoms with Gasteiger partial charge in [0.25, 0.3) is 11.8 Å². The fraction of sp³-hybridized carbons (Fsp3) is 0.286. The van der Waals surface area contributed by atoms with Crippen molar-refractivity contribution in [2.24, 2.45) is 0 Å². The summed E-state index contributed by atoms with van der Waals surface area (Å²) in [6.07, 6.45) is 1.96. The highest BCUT2D eigenvalue weighted by atomic mass is 32.2. The van der Waals surface area contributed by atoms with E-state index in [9.17, 15) is 13.8 Å². The number of hydrogen-bond donors (Lipinski definition) is 1. The van der Waals surface area contributed by atoms with E-state index in [4.69, 9.17) is 4.74 Å². The molecule has 35 heavy (non-hydrogen) atoms. The molecule has 180 valence electrons. The second-order valence-electron chi connectivity index (χ2n) is 9.11. The van der Waals surface area contributed by atoms with Gasteiger partial charge < -0.3 is 15.0 Å². The van der Waals surface area contributed by atoms with E-state index in [1.807, 2.05) is 26.0 Å². The molecule has 2 heterocycles. The molecule has 1 fully saturated rings. The van der Waals surface area contributed by atoms with Gasteiger partial charge in [0.2, 0.25) is 0 Å². The summed E-state index contributed by atoms with van der Waals surface area (Å²) in [5.74, 6) is -0.472. The third kappa shape index (κ3) is 4.66. The molecule has 3 aromatic rings. The maximum absolute atomic E-state index is 13.8. The number of nitrogens with zero attached hydrogens (tertiary/aromatic N) is 1. The summed E-state index contributed by atoms with van der Waals surface area (Å²) < 4.78 is 19.2. The summed E-state index contributed by atoms with van der Waals surface area (Å²) in [6.45, 7) is 5.51. The van der Waals surface area contributed by atoms with Crippen molar-refractivity contribution in [3.8, 4) is 0 Å². The van der Waals surface area contributed by atoms with Crippen molar-refractivity contribution in [3.05, 3.63) is 88.5 Å². The number of nitrogens with one attached hydrogen (secondary N) is 1. The van der Waals surface area contributed by atoms with Gasteiger partial charge in [0, 0.05) is 18.7 Å². The lowest BCUT2D eigenvalue weighted by Crippen LogP contribution is -2.33. The standard InChI is InChI=1S/C28H28N2O4S/c1-18-9-10-19(2)21(14-18)17-30-24-15-20(27(31)29-16-22-6-5-13-34-22)11-12-26(24)35(33)25-8-4-3-7-23(25)28(30)32/h3-4,7-12,14-15,22H,5-6,13,16-17H2,1-2H3,(H,29,31)/t22-,35+/m1/s1. The minimum absolute atomic E-state index is 0.0316. The van der Waals surface area contributed by atoms with Crippen LogP contribution in [0.4, 0.5) is 5.69 Å². The van der Waals surface area contributed by atoms with Gasteiger partial charge in [-0.2, -0.15) is 0 Å². The van der Waals surface area contributed by atoms with Crippen molar-refractivity contribution < 1.29 is 18.5 Å². The normalized spacial score (nSPS) is 19.1. The van der Waals surface area contributed by atoms with Crippen LogP contribution in [0.5, 0.6) is 0 Å². The SMILES string of the molecule is Cc1ccc(C)c(CN2C(=O)c3ccccc3[S@](=O)c3ccc(C(=O)NC[C@H]4CCCO4)cc32)c1. The Morgan fingerprint density at radius 3 is 2.71 bits per heavy atom. The summed E-state index contributed by atoms with van der Waals surface area (Å²) in [4.78, 5) is 29.4. The zero-order valence-corrected chi connectivity index (χ0v) is 20.7. The average molecular weight is 489 g/mol. The molecule has 0 unspecified atom stereocenters. The van der Waals surface area contributed by atoms with Crippen LogP contribution in [0, 0.1) is 13.8 Å². The van der Waals surface area contributed by atoms with Gasteiger partial charge in [-0.15, -0.1) is 0 Å². The van der Waals surface area contributed by atoms with Gasteiger partial charge in [-0.25, -0.2) is 4.21 Å². The summed E-state index contributed by atoms with van der Waals surface area (Å²) in [7, 11) is -1.56. The molecule has 6 nitrogen and oxygen atoms in total. The van der Waals surface area contributed by atoms with Crippen molar-refractivity contribution in [2.75, 3.05) is 18.1 Å². The number of rotatable bonds is 5. The number of amides is 2. The molecule has 0 aromatic heterocycles. The molecule has 2 amide bonds. The minimum atomic E-state index is -1.56. The smallest absolute Gasteiger partial charge is 0.259 e. The first kappa shape index (κ1) is 23.5. The van der Waals surface area contributed by atoms with Crippen LogP contribution in [0.1, 0.15) is 50.2 Å². The third-order valence-electron chi connectivity index (χ3n) is 6.62. The fourth-order valence-corrected chi connectivity index (χ4v) is 5.96. The monoisotopic (exact) mass is 488 g/mol. The van der Waals surface area contributed by atoms with E-state index in [1.54, 1.807) is 47.4 Å². The molecule has 1 N–H and O–H groups in total. The van der Waals surface area contributed by atoms with Crippen LogP contribution in [0.3, 0.4) is 0 Å². The second kappa shape index (κ2) is 9.76. The number of fused-ring (bicyclic) bond motifs is 2. The Bertz CT molecular complexity index is 1330. The van der Waals surface area contributed by atoms with E-state index in [1.165, 1.54) is 0 Å². The van der Waals surface area contributed by atoms with Crippen molar-refractivity contribution in [2.45, 2.75) is 49.1 Å². The second-order valence-corrected chi connectivity index (χ2v) is 10.5. The van der Waals surface area contributed by atoms with Crippen molar-refractivity contribution >= 4 is 28.3 Å². The Morgan fingerprint density at radius 1 is 1.09 bits per heavy atom. The Labute approximate surface area is 207 Å². The van der Waals surface area contributed by atoms with E-state index in [0.717, 1.165) is 36.1 Å². The summed E-state index contributed by atoms with van der Waals surface area (Å²) in [6, 6.07) is 18.2. The Balaban J connectivity index is 1.56. The van der Waals surface area contributed by atoms with Gasteiger partial charge in [0.1, 0.15) is 0 Å². The van der Waals surface area contributed by atoms with Crippen LogP contribution in [-0.4, -0.2) is 35.3 Å². The maximum atomic E-state index is 13.8. The van der Waals surface area contributed by atoms with Gasteiger partial charge in [-0.3, -0.25) is 9.59 Å². The van der Waals surface area contributed by atoms with Crippen LogP contribution < -0.4 is 10.2 Å². The number of ether oxygens (including phenoxy) is 1. The van der Waals surface area contributed by atoms with Gasteiger partial charge >= 0.3 is 0 Å². The number of aryl methyl sites for hydroxylation is 2. The topological polar surface area (TPSA) is 75.7 Å². The van der Waals surface area contributed by atoms with Crippen molar-refractivity contribution in [1.29, 1.82) is 0 Å². The molecular weight excluding hydrogens is 460 g/mol. The van der Waals surface area contributed by atoms with Gasteiger partial charge in [0.15, 0.2) is 0 Å². The Kier molecular flexibility index (Phi) is 6.54. The zero-order chi connectivity index (χ0) is 24.5. The quantitative estimate of drug-likeness (QED) is 0.572. The van der Waals surface area contributed by atoms with Crippen molar-refractivity contribution in [3.63, 3.8) is 0 Å². The number of carbonyl (C=O) groups is 2. The first-order valence-corrected chi connectivity index (χ1v) is 13.0. The summed E-state index contributed by atoms with van der Waals surface area (Å²) >= 11 is 0. The molecule has 0 aliphatic carbocycles. The first-order chi connectivity index (χ1) is 16.9. The maximum Gasteiger partial charge on any atom is 0.259 e. The third-order valence-corrected chi connectivity index (χ3v) is 8.12. The van der Waals surface area contributed by atoms with Gasteiger partial charge in [-0.05, 0) is 68.1 Å². The van der Waals surface area contributed by atoms with Gasteiger partial charge in [-0.1, -0.05) is 35.9 Å². The fourth-order valence-electron chi connectivity index (χ4n) is 4.62. The average Bonchev–Trinajstić information content (AvgIpc) is 3.38. The highest BCUT2D eigenvalue weighted by Gasteiger charge is 2.32. The van der Waals surface area contributed by atoms with Gasteiger partial charge in [0.05, 0.1) is 44.5 Å². The minimum Gasteiger partial charge on any atom is -0.376 e. The van der Waals surface area contributed by atoms with Crippen LogP contribution >= 0.6 is 0 Å². The highest BCUT2D eigenvalue weighted by Crippen LogP contribution is 2.36. The molecule has 2 aliphatic heterocycles. The Morgan fingerprint density at radius 2 is 1.91 bits per heavy atom. The van der Waals surface area contributed by atoms with Crippen molar-refractivity contribution in [1.82, 2.24) is 5.32 Å². The lowest BCUT2D eigenvalue weighted by atomic mass is 10.0. The molecule has 2 aliphatic rings. The molecule has 7 heteroatoms. The molecule has 0 bridgehead atoms. The van der Waals surface area contributed by atoms with E-state index in [2.05, 4.69) is 11.4 Å². The van der Waals surface area contributed by atoms with E-state index >= 15 is 0 Å². The zero-order valence-electron chi connectivity index (χ0n) is 19.9. The summed E-state index contributed by atoms with van der Waals surface area (Å²) in [5.41, 5.74) is 4.49. The number of hydrogen-bond acceptors (Lipinski definition) is 4. The van der Waals surface area contributed by atoms with Crippen LogP contribution in [-0.2, 0) is 22.1 Å². The number of anilines is 1. The summed E-state index contributed by atoms with van der Waals surface area (Å²) in [5, 5.41) is 2.94. The number of carbonyl (C=O) groups excluding carboxylic acids is 2. The van der Waals surface area contributed by atoms with E-state index in [0.29, 0.717) is 39.7 Å². The molecular formula is C28H28N2O4S. The largest absolute Gasteiger partial charge is 0.376 e. The molecule has 2 atom stereocenters. The van der Waals surface area contributed by atoms with E-state index in [-0.39, 0.29) is 17.9 Å². The predicted octanol–water partition coefficient (Wildman–Crippen LogP) is 4.54. The molecule has 0 saturated carbocycles. The first-order valence-electron chi connectivity index (χ1n) is 11.8. The molecule has 0 spiro atoms. The van der Waals surface area contributed by atoms with Crippen LogP contribution in [0.25, 0.3) is 0 Å². The molecule has 1 saturated heterocycles. The van der Waals surface area contributed by atoms with Crippen LogP contribution in [0.15, 0.2) is 70.5 Å². The number of benzene rings is 3. The van der Waals surface area contributed by atoms with E-state index < -0.39 is 10.8 Å². The lowest BCUT2D eigenvalue weighted by Gasteiger charge is -2.24.